The van der Waals surface area contributed by atoms with Crippen molar-refractivity contribution in [2.24, 2.45) is 0 Å². The molecule has 3 N–H and O–H groups in total. The molecule has 3 heterocycles. The summed E-state index contributed by atoms with van der Waals surface area (Å²) < 4.78 is 12.0. The van der Waals surface area contributed by atoms with Gasteiger partial charge in [0.15, 0.2) is 6.23 Å². The fourth-order valence-corrected chi connectivity index (χ4v) is 2.38. The molecule has 0 radical (unpaired) electrons. The van der Waals surface area contributed by atoms with E-state index in [-0.39, 0.29) is 6.61 Å². The second kappa shape index (κ2) is 3.75. The molecule has 8 nitrogen and oxygen atoms in total. The van der Waals surface area contributed by atoms with Crippen LogP contribution in [0.2, 0.25) is 0 Å². The molecule has 0 aliphatic carbocycles. The predicted molar refractivity (Wildman–Crippen MR) is 57.0 cm³/mol. The number of ether oxygens (including phenoxy) is 2. The number of nitrogens with one attached hydrogen (secondary N) is 1. The van der Waals surface area contributed by atoms with Crippen LogP contribution in [0.25, 0.3) is 0 Å². The Hall–Kier alpha value is -1.48. The quantitative estimate of drug-likeness (QED) is 0.541. The molecule has 0 aromatic carbocycles. The van der Waals surface area contributed by atoms with Crippen LogP contribution in [-0.4, -0.2) is 50.8 Å². The normalized spacial score (nSPS) is 38.2. The van der Waals surface area contributed by atoms with Gasteiger partial charge in [-0.25, -0.2) is 4.79 Å². The van der Waals surface area contributed by atoms with E-state index in [2.05, 4.69) is 4.98 Å². The number of rotatable bonds is 2. The average molecular weight is 256 g/mol. The zero-order valence-electron chi connectivity index (χ0n) is 9.28. The molecule has 18 heavy (non-hydrogen) atoms. The fraction of sp³-hybridized carbons (Fsp3) is 0.600. The van der Waals surface area contributed by atoms with Crippen molar-refractivity contribution in [3.8, 4) is 0 Å². The lowest BCUT2D eigenvalue weighted by Gasteiger charge is -2.29. The number of aromatic nitrogens is 2. The Morgan fingerprint density at radius 3 is 2.94 bits per heavy atom. The van der Waals surface area contributed by atoms with Gasteiger partial charge in [0.25, 0.3) is 5.56 Å². The third-order valence-corrected chi connectivity index (χ3v) is 3.40. The number of hydrogen-bond acceptors (Lipinski definition) is 6. The molecule has 4 atom stereocenters. The summed E-state index contributed by atoms with van der Waals surface area (Å²) in [7, 11) is 0. The van der Waals surface area contributed by atoms with Crippen molar-refractivity contribution in [2.75, 3.05) is 13.2 Å². The Morgan fingerprint density at radius 1 is 1.56 bits per heavy atom. The molecule has 0 saturated carbocycles. The third-order valence-electron chi connectivity index (χ3n) is 3.40. The number of H-pyrrole nitrogens is 1. The number of fused-ring (bicyclic) bond motifs is 2. The summed E-state index contributed by atoms with van der Waals surface area (Å²) in [5.41, 5.74) is -2.35. The van der Waals surface area contributed by atoms with E-state index in [1.807, 2.05) is 0 Å². The first-order valence-corrected chi connectivity index (χ1v) is 5.47. The molecule has 2 aliphatic heterocycles. The van der Waals surface area contributed by atoms with Crippen LogP contribution in [0.1, 0.15) is 6.23 Å². The Kier molecular flexibility index (Phi) is 2.42. The van der Waals surface area contributed by atoms with E-state index in [1.165, 1.54) is 12.3 Å². The van der Waals surface area contributed by atoms with Gasteiger partial charge < -0.3 is 19.7 Å². The summed E-state index contributed by atoms with van der Waals surface area (Å²) in [6.07, 6.45) is -1.33. The van der Waals surface area contributed by atoms with Crippen LogP contribution in [-0.2, 0) is 9.47 Å². The van der Waals surface area contributed by atoms with Gasteiger partial charge in [-0.05, 0) is 0 Å². The van der Waals surface area contributed by atoms with Gasteiger partial charge in [-0.2, -0.15) is 0 Å². The highest BCUT2D eigenvalue weighted by atomic mass is 16.7. The highest BCUT2D eigenvalue weighted by Crippen LogP contribution is 2.43. The molecular weight excluding hydrogens is 244 g/mol. The van der Waals surface area contributed by atoms with Gasteiger partial charge in [0.2, 0.25) is 0 Å². The molecule has 0 unspecified atom stereocenters. The molecule has 98 valence electrons. The van der Waals surface area contributed by atoms with Crippen molar-refractivity contribution in [2.45, 2.75) is 24.0 Å². The Labute approximate surface area is 100 Å². The van der Waals surface area contributed by atoms with E-state index in [1.54, 1.807) is 0 Å². The summed E-state index contributed by atoms with van der Waals surface area (Å²) in [5.74, 6) is 0. The van der Waals surface area contributed by atoms with Crippen molar-refractivity contribution < 1.29 is 19.7 Å². The Balaban J connectivity index is 2.01. The first-order valence-electron chi connectivity index (χ1n) is 5.47. The van der Waals surface area contributed by atoms with Crippen molar-refractivity contribution >= 4 is 0 Å². The largest absolute Gasteiger partial charge is 0.393 e. The SMILES string of the molecule is O=c1ccn([C@@H]2O[C@@]3(CO)CO[C@@H]2[C@@H]3O)c(=O)[nH]1. The highest BCUT2D eigenvalue weighted by molar-refractivity contribution is 5.07. The number of nitrogens with zero attached hydrogens (tertiary/aromatic N) is 1. The molecule has 1 aromatic heterocycles. The van der Waals surface area contributed by atoms with Crippen molar-refractivity contribution in [3.05, 3.63) is 33.1 Å². The van der Waals surface area contributed by atoms with Gasteiger partial charge in [-0.3, -0.25) is 14.3 Å². The lowest BCUT2D eigenvalue weighted by atomic mass is 10.0. The Bertz CT molecular complexity index is 580. The molecule has 1 aromatic rings. The molecule has 0 amide bonds. The summed E-state index contributed by atoms with van der Waals surface area (Å²) in [5, 5.41) is 19.2. The minimum absolute atomic E-state index is 0.0734. The minimum atomic E-state index is -1.19. The van der Waals surface area contributed by atoms with Gasteiger partial charge in [-0.1, -0.05) is 0 Å². The summed E-state index contributed by atoms with van der Waals surface area (Å²) in [6.45, 7) is -0.330. The van der Waals surface area contributed by atoms with Crippen LogP contribution in [0.3, 0.4) is 0 Å². The maximum absolute atomic E-state index is 11.6. The van der Waals surface area contributed by atoms with Crippen molar-refractivity contribution in [1.29, 1.82) is 0 Å². The first-order chi connectivity index (χ1) is 8.57. The Morgan fingerprint density at radius 2 is 2.33 bits per heavy atom. The maximum atomic E-state index is 11.6. The van der Waals surface area contributed by atoms with Gasteiger partial charge >= 0.3 is 5.69 Å². The highest BCUT2D eigenvalue weighted by Gasteiger charge is 2.61. The van der Waals surface area contributed by atoms with E-state index in [0.717, 1.165) is 4.57 Å². The van der Waals surface area contributed by atoms with Crippen molar-refractivity contribution in [3.63, 3.8) is 0 Å². The summed E-state index contributed by atoms with van der Waals surface area (Å²) in [4.78, 5) is 24.7. The molecule has 2 bridgehead atoms. The van der Waals surface area contributed by atoms with Gasteiger partial charge in [0.05, 0.1) is 13.2 Å². The van der Waals surface area contributed by atoms with Gasteiger partial charge in [0, 0.05) is 12.3 Å². The lowest BCUT2D eigenvalue weighted by Crippen LogP contribution is -2.44. The number of aliphatic hydroxyl groups is 2. The van der Waals surface area contributed by atoms with Crippen LogP contribution in [0, 0.1) is 0 Å². The van der Waals surface area contributed by atoms with E-state index in [9.17, 15) is 19.8 Å². The fourth-order valence-electron chi connectivity index (χ4n) is 2.38. The first kappa shape index (κ1) is 11.6. The smallest absolute Gasteiger partial charge is 0.330 e. The minimum Gasteiger partial charge on any atom is -0.393 e. The van der Waals surface area contributed by atoms with E-state index in [4.69, 9.17) is 9.47 Å². The van der Waals surface area contributed by atoms with Crippen LogP contribution >= 0.6 is 0 Å². The monoisotopic (exact) mass is 256 g/mol. The molecule has 2 aliphatic rings. The molecule has 2 saturated heterocycles. The average Bonchev–Trinajstić information content (AvgIpc) is 2.81. The molecule has 2 fully saturated rings. The summed E-state index contributed by atoms with van der Waals surface area (Å²) >= 11 is 0. The predicted octanol–water partition coefficient (Wildman–Crippen LogP) is -2.44. The maximum Gasteiger partial charge on any atom is 0.330 e. The van der Waals surface area contributed by atoms with E-state index in [0.29, 0.717) is 0 Å². The molecule has 3 rings (SSSR count). The van der Waals surface area contributed by atoms with Gasteiger partial charge in [-0.15, -0.1) is 0 Å². The second-order valence-electron chi connectivity index (χ2n) is 4.47. The number of aliphatic hydroxyl groups excluding tert-OH is 2. The molecular formula is C10H12N2O6. The van der Waals surface area contributed by atoms with Crippen LogP contribution in [0.15, 0.2) is 21.9 Å². The summed E-state index contributed by atoms with van der Waals surface area (Å²) in [6, 6.07) is 1.18. The van der Waals surface area contributed by atoms with Crippen molar-refractivity contribution in [1.82, 2.24) is 9.55 Å². The van der Waals surface area contributed by atoms with Crippen LogP contribution in [0.5, 0.6) is 0 Å². The standard InChI is InChI=1S/C10H12N2O6/c13-3-10-4-17-6(7(10)15)8(18-10)12-2-1-5(14)11-9(12)16/h1-2,6-8,13,15H,3-4H2,(H,11,14,16)/t6-,7+,8-,10+/m1/s1. The molecule has 8 heteroatoms. The van der Waals surface area contributed by atoms with E-state index >= 15 is 0 Å². The van der Waals surface area contributed by atoms with Crippen LogP contribution in [0.4, 0.5) is 0 Å². The van der Waals surface area contributed by atoms with Gasteiger partial charge in [0.1, 0.15) is 17.8 Å². The van der Waals surface area contributed by atoms with Crippen LogP contribution < -0.4 is 11.2 Å². The number of hydrogen-bond donors (Lipinski definition) is 3. The zero-order valence-corrected chi connectivity index (χ0v) is 9.28. The lowest BCUT2D eigenvalue weighted by molar-refractivity contribution is -0.187. The van der Waals surface area contributed by atoms with E-state index < -0.39 is 41.9 Å². The number of aromatic amines is 1. The second-order valence-corrected chi connectivity index (χ2v) is 4.47. The topological polar surface area (TPSA) is 114 Å². The zero-order chi connectivity index (χ0) is 12.9. The third kappa shape index (κ3) is 1.40. The molecule has 0 spiro atoms.